The molecule has 0 saturated heterocycles. The van der Waals surface area contributed by atoms with Gasteiger partial charge in [-0.1, -0.05) is 0 Å². The van der Waals surface area contributed by atoms with Crippen molar-refractivity contribution in [1.29, 1.82) is 0 Å². The first-order valence-electron chi connectivity index (χ1n) is 5.82. The molecule has 0 aromatic carbocycles. The number of furan rings is 1. The van der Waals surface area contributed by atoms with Crippen LogP contribution < -0.4 is 10.1 Å². The van der Waals surface area contributed by atoms with Gasteiger partial charge in [-0.3, -0.25) is 4.79 Å². The minimum absolute atomic E-state index is 0.0985. The molecule has 0 spiro atoms. The third-order valence-corrected chi connectivity index (χ3v) is 3.43. The minimum atomic E-state index is -1.06. The van der Waals surface area contributed by atoms with Crippen LogP contribution in [0.1, 0.15) is 20.3 Å². The van der Waals surface area contributed by atoms with Gasteiger partial charge in [0.15, 0.2) is 11.5 Å². The maximum absolute atomic E-state index is 11.6. The monoisotopic (exact) mass is 295 g/mol. The van der Waals surface area contributed by atoms with E-state index in [2.05, 4.69) is 5.32 Å². The van der Waals surface area contributed by atoms with Gasteiger partial charge in [-0.25, -0.2) is 4.79 Å². The van der Waals surface area contributed by atoms with Crippen LogP contribution in [-0.2, 0) is 11.3 Å². The molecule has 2 aromatic heterocycles. The maximum Gasteiger partial charge on any atom is 0.349 e. The van der Waals surface area contributed by atoms with Crippen molar-refractivity contribution in [1.82, 2.24) is 5.32 Å². The molecule has 7 heteroatoms. The Bertz CT molecular complexity index is 602. The summed E-state index contributed by atoms with van der Waals surface area (Å²) in [6.45, 7) is 1.81. The molecular weight excluding hydrogens is 282 g/mol. The molecule has 20 heavy (non-hydrogen) atoms. The van der Waals surface area contributed by atoms with Gasteiger partial charge in [-0.2, -0.15) is 0 Å². The topological polar surface area (TPSA) is 88.8 Å². The van der Waals surface area contributed by atoms with E-state index in [4.69, 9.17) is 14.3 Å². The lowest BCUT2D eigenvalue weighted by molar-refractivity contribution is -0.123. The Hall–Kier alpha value is -2.28. The molecule has 1 amide bonds. The number of carboxylic acid groups (broad SMARTS) is 1. The lowest BCUT2D eigenvalue weighted by atomic mass is 10.4. The first-order chi connectivity index (χ1) is 9.56. The highest BCUT2D eigenvalue weighted by Crippen LogP contribution is 2.28. The molecule has 2 aromatic rings. The summed E-state index contributed by atoms with van der Waals surface area (Å²) in [5.41, 5.74) is 0. The smallest absolute Gasteiger partial charge is 0.349 e. The van der Waals surface area contributed by atoms with E-state index < -0.39 is 5.97 Å². The van der Waals surface area contributed by atoms with Crippen LogP contribution in [0.25, 0.3) is 0 Å². The Morgan fingerprint density at radius 2 is 2.30 bits per heavy atom. The highest BCUT2D eigenvalue weighted by molar-refractivity contribution is 7.14. The number of hydrogen-bond acceptors (Lipinski definition) is 5. The Morgan fingerprint density at radius 1 is 1.50 bits per heavy atom. The lowest BCUT2D eigenvalue weighted by Gasteiger charge is -2.05. The molecular formula is C13H13NO5S. The summed E-state index contributed by atoms with van der Waals surface area (Å²) in [4.78, 5) is 23.5. The molecule has 0 aliphatic rings. The highest BCUT2D eigenvalue weighted by atomic mass is 32.1. The molecule has 0 unspecified atom stereocenters. The summed E-state index contributed by atoms with van der Waals surface area (Å²) in [7, 11) is 0. The van der Waals surface area contributed by atoms with Crippen molar-refractivity contribution < 1.29 is 23.8 Å². The van der Waals surface area contributed by atoms with Crippen LogP contribution in [-0.4, -0.2) is 23.6 Å². The Kier molecular flexibility index (Phi) is 4.41. The van der Waals surface area contributed by atoms with Gasteiger partial charge in [-0.15, -0.1) is 11.3 Å². The van der Waals surface area contributed by atoms with Crippen LogP contribution in [0.5, 0.6) is 5.75 Å². The Labute approximate surface area is 119 Å². The van der Waals surface area contributed by atoms with Crippen LogP contribution >= 0.6 is 11.3 Å². The Morgan fingerprint density at radius 3 is 2.95 bits per heavy atom. The highest BCUT2D eigenvalue weighted by Gasteiger charge is 2.16. The average Bonchev–Trinajstić information content (AvgIpc) is 3.03. The van der Waals surface area contributed by atoms with Crippen LogP contribution in [0.15, 0.2) is 28.9 Å². The van der Waals surface area contributed by atoms with Crippen LogP contribution in [0.4, 0.5) is 0 Å². The maximum atomic E-state index is 11.6. The zero-order valence-electron chi connectivity index (χ0n) is 10.7. The van der Waals surface area contributed by atoms with Gasteiger partial charge in [0.05, 0.1) is 12.8 Å². The molecule has 0 radical (unpaired) electrons. The summed E-state index contributed by atoms with van der Waals surface area (Å²) in [5, 5.41) is 11.6. The van der Waals surface area contributed by atoms with Crippen molar-refractivity contribution in [2.45, 2.75) is 13.5 Å². The largest absolute Gasteiger partial charge is 0.482 e. The number of carboxylic acids is 1. The van der Waals surface area contributed by atoms with Crippen molar-refractivity contribution >= 4 is 23.2 Å². The van der Waals surface area contributed by atoms with Crippen molar-refractivity contribution in [2.24, 2.45) is 0 Å². The van der Waals surface area contributed by atoms with E-state index >= 15 is 0 Å². The van der Waals surface area contributed by atoms with Crippen molar-refractivity contribution in [2.75, 3.05) is 6.61 Å². The van der Waals surface area contributed by atoms with Crippen LogP contribution in [0, 0.1) is 6.92 Å². The van der Waals surface area contributed by atoms with E-state index in [1.165, 1.54) is 6.26 Å². The molecule has 2 N–H and O–H groups in total. The van der Waals surface area contributed by atoms with E-state index in [1.54, 1.807) is 25.1 Å². The normalized spacial score (nSPS) is 10.2. The summed E-state index contributed by atoms with van der Waals surface area (Å²) in [6, 6.07) is 5.07. The fourth-order valence-electron chi connectivity index (χ4n) is 1.54. The van der Waals surface area contributed by atoms with Gasteiger partial charge < -0.3 is 19.6 Å². The van der Waals surface area contributed by atoms with E-state index in [0.29, 0.717) is 5.76 Å². The molecule has 2 heterocycles. The van der Waals surface area contributed by atoms with Crippen LogP contribution in [0.2, 0.25) is 0 Å². The van der Waals surface area contributed by atoms with Gasteiger partial charge in [0.2, 0.25) is 0 Å². The summed E-state index contributed by atoms with van der Waals surface area (Å²) >= 11 is 1.11. The number of carbonyl (C=O) groups excluding carboxylic acids is 1. The quantitative estimate of drug-likeness (QED) is 0.851. The molecule has 2 rings (SSSR count). The van der Waals surface area contributed by atoms with Crippen molar-refractivity contribution in [3.8, 4) is 5.75 Å². The molecule has 0 bridgehead atoms. The molecule has 0 fully saturated rings. The first-order valence-corrected chi connectivity index (χ1v) is 6.63. The Balaban J connectivity index is 1.85. The number of amides is 1. The average molecular weight is 295 g/mol. The number of thiophene rings is 1. The van der Waals surface area contributed by atoms with Gasteiger partial charge in [0, 0.05) is 4.88 Å². The van der Waals surface area contributed by atoms with E-state index in [0.717, 1.165) is 16.2 Å². The summed E-state index contributed by atoms with van der Waals surface area (Å²) in [5.74, 6) is -0.556. The minimum Gasteiger partial charge on any atom is -0.482 e. The number of carbonyl (C=O) groups is 2. The zero-order chi connectivity index (χ0) is 14.5. The SMILES string of the molecule is Cc1cc(OCC(=O)NCc2ccco2)c(C(=O)O)s1. The summed E-state index contributed by atoms with van der Waals surface area (Å²) < 4.78 is 10.3. The standard InChI is InChI=1S/C13H13NO5S/c1-8-5-10(12(20-8)13(16)17)19-7-11(15)14-6-9-3-2-4-18-9/h2-5H,6-7H2,1H3,(H,14,15)(H,16,17). The number of aromatic carboxylic acids is 1. The van der Waals surface area contributed by atoms with Gasteiger partial charge >= 0.3 is 5.97 Å². The summed E-state index contributed by atoms with van der Waals surface area (Å²) in [6.07, 6.45) is 1.52. The molecule has 0 atom stereocenters. The number of rotatable bonds is 6. The number of nitrogens with one attached hydrogen (secondary N) is 1. The zero-order valence-corrected chi connectivity index (χ0v) is 11.5. The fraction of sp³-hybridized carbons (Fsp3) is 0.231. The molecule has 0 aliphatic carbocycles. The van der Waals surface area contributed by atoms with Crippen molar-refractivity contribution in [3.05, 3.63) is 40.0 Å². The predicted molar refractivity (Wildman–Crippen MR) is 72.1 cm³/mol. The van der Waals surface area contributed by atoms with Gasteiger partial charge in [0.1, 0.15) is 11.5 Å². The first kappa shape index (κ1) is 14.1. The third-order valence-electron chi connectivity index (χ3n) is 2.41. The van der Waals surface area contributed by atoms with Gasteiger partial charge in [0.25, 0.3) is 5.91 Å². The predicted octanol–water partition coefficient (Wildman–Crippen LogP) is 2.04. The molecule has 0 aliphatic heterocycles. The molecule has 0 saturated carbocycles. The van der Waals surface area contributed by atoms with Crippen LogP contribution in [0.3, 0.4) is 0 Å². The van der Waals surface area contributed by atoms with E-state index in [9.17, 15) is 9.59 Å². The number of hydrogen-bond donors (Lipinski definition) is 2. The number of ether oxygens (including phenoxy) is 1. The van der Waals surface area contributed by atoms with Gasteiger partial charge in [-0.05, 0) is 25.1 Å². The molecule has 106 valence electrons. The third kappa shape index (κ3) is 3.61. The lowest BCUT2D eigenvalue weighted by Crippen LogP contribution is -2.28. The van der Waals surface area contributed by atoms with Crippen molar-refractivity contribution in [3.63, 3.8) is 0 Å². The second kappa shape index (κ2) is 6.25. The van der Waals surface area contributed by atoms with E-state index in [1.807, 2.05) is 0 Å². The second-order valence-corrected chi connectivity index (χ2v) is 5.26. The fourth-order valence-corrected chi connectivity index (χ4v) is 2.33. The molecule has 6 nitrogen and oxygen atoms in total. The number of aryl methyl sites for hydroxylation is 1. The van der Waals surface area contributed by atoms with E-state index in [-0.39, 0.29) is 29.7 Å². The second-order valence-electron chi connectivity index (χ2n) is 4.00.